The van der Waals surface area contributed by atoms with E-state index in [1.807, 2.05) is 25.1 Å². The van der Waals surface area contributed by atoms with Gasteiger partial charge in [0.25, 0.3) is 0 Å². The third-order valence-electron chi connectivity index (χ3n) is 4.06. The zero-order valence-electron chi connectivity index (χ0n) is 11.9. The summed E-state index contributed by atoms with van der Waals surface area (Å²) in [5.74, 6) is 0.856. The zero-order chi connectivity index (χ0) is 14.3. The maximum Gasteiger partial charge on any atom is 0.158 e. The molecular weight excluding hydrogens is 270 g/mol. The Kier molecular flexibility index (Phi) is 3.28. The number of rotatable bonds is 2. The van der Waals surface area contributed by atoms with Crippen LogP contribution in [0.4, 0.5) is 0 Å². The molecule has 0 N–H and O–H groups in total. The maximum atomic E-state index is 11.7. The number of hydrogen-bond donors (Lipinski definition) is 0. The Morgan fingerprint density at radius 1 is 1.25 bits per heavy atom. The van der Waals surface area contributed by atoms with Crippen molar-refractivity contribution in [1.82, 2.24) is 0 Å². The normalized spacial score (nSPS) is 24.0. The summed E-state index contributed by atoms with van der Waals surface area (Å²) >= 11 is 0. The van der Waals surface area contributed by atoms with E-state index in [0.29, 0.717) is 5.92 Å². The first-order valence-corrected chi connectivity index (χ1v) is 8.80. The van der Waals surface area contributed by atoms with Gasteiger partial charge in [0.1, 0.15) is 0 Å². The van der Waals surface area contributed by atoms with Crippen LogP contribution in [-0.4, -0.2) is 14.1 Å². The predicted octanol–water partition coefficient (Wildman–Crippen LogP) is 3.04. The van der Waals surface area contributed by atoms with E-state index >= 15 is 0 Å². The van der Waals surface area contributed by atoms with Crippen molar-refractivity contribution in [3.63, 3.8) is 0 Å². The van der Waals surface area contributed by atoms with Crippen LogP contribution in [-0.2, 0) is 27.8 Å². The van der Waals surface area contributed by atoms with Crippen molar-refractivity contribution >= 4 is 15.5 Å². The number of nitrogens with zero attached hydrogens (tertiary/aromatic N) is 1. The molecule has 4 heteroatoms. The molecule has 0 saturated heterocycles. The second-order valence-electron chi connectivity index (χ2n) is 5.90. The van der Waals surface area contributed by atoms with E-state index in [2.05, 4.69) is 18.0 Å². The van der Waals surface area contributed by atoms with Gasteiger partial charge in [-0.15, -0.1) is 0 Å². The van der Waals surface area contributed by atoms with Crippen molar-refractivity contribution in [3.8, 4) is 0 Å². The van der Waals surface area contributed by atoms with Crippen molar-refractivity contribution in [1.29, 1.82) is 0 Å². The van der Waals surface area contributed by atoms with E-state index in [1.165, 1.54) is 11.3 Å². The van der Waals surface area contributed by atoms with Gasteiger partial charge in [-0.25, -0.2) is 8.42 Å². The number of hydrogen-bond acceptors (Lipinski definition) is 3. The lowest BCUT2D eigenvalue weighted by Gasteiger charge is -2.18. The first-order valence-electron chi connectivity index (χ1n) is 6.98. The zero-order valence-corrected chi connectivity index (χ0v) is 12.7. The first-order chi connectivity index (χ1) is 9.43. The van der Waals surface area contributed by atoms with Gasteiger partial charge in [0.15, 0.2) is 9.84 Å². The molecule has 0 amide bonds. The highest BCUT2D eigenvalue weighted by molar-refractivity contribution is 7.90. The minimum absolute atomic E-state index is 0.192. The minimum atomic E-state index is -2.91. The Hall–Kier alpha value is -1.42. The van der Waals surface area contributed by atoms with Gasteiger partial charge in [0, 0.05) is 17.8 Å². The number of fused-ring (bicyclic) bond motifs is 1. The summed E-state index contributed by atoms with van der Waals surface area (Å²) in [6.07, 6.45) is 4.03. The molecule has 1 atom stereocenters. The molecule has 1 aromatic carbocycles. The van der Waals surface area contributed by atoms with E-state index in [-0.39, 0.29) is 11.5 Å². The lowest BCUT2D eigenvalue weighted by Crippen LogP contribution is -2.16. The molecule has 106 valence electrons. The number of benzene rings is 1. The van der Waals surface area contributed by atoms with Crippen LogP contribution in [0.3, 0.4) is 0 Å². The fourth-order valence-corrected chi connectivity index (χ4v) is 4.48. The standard InChI is InChI=1S/C16H19NO2S/c1-11-3-4-12(2)17-16(11)8-13-5-6-14-9-20(18,19)10-15(14)7-13/h4-7,11H,3,8-10H2,1-2H3. The third-order valence-corrected chi connectivity index (χ3v) is 5.56. The van der Waals surface area contributed by atoms with Crippen molar-refractivity contribution in [2.24, 2.45) is 10.9 Å². The van der Waals surface area contributed by atoms with Crippen molar-refractivity contribution < 1.29 is 8.42 Å². The van der Waals surface area contributed by atoms with Gasteiger partial charge in [0.05, 0.1) is 11.5 Å². The van der Waals surface area contributed by atoms with Crippen LogP contribution in [0.5, 0.6) is 0 Å². The van der Waals surface area contributed by atoms with Crippen LogP contribution in [0.25, 0.3) is 0 Å². The van der Waals surface area contributed by atoms with Gasteiger partial charge in [-0.2, -0.15) is 0 Å². The quantitative estimate of drug-likeness (QED) is 0.840. The van der Waals surface area contributed by atoms with E-state index in [1.54, 1.807) is 0 Å². The van der Waals surface area contributed by atoms with Gasteiger partial charge in [-0.3, -0.25) is 4.99 Å². The minimum Gasteiger partial charge on any atom is -0.262 e. The molecular formula is C16H19NO2S. The monoisotopic (exact) mass is 289 g/mol. The van der Waals surface area contributed by atoms with Gasteiger partial charge in [-0.1, -0.05) is 31.2 Å². The SMILES string of the molecule is CC1=CCC(C)C(Cc2ccc3c(c2)CS(=O)(=O)C3)=N1. The number of aliphatic imine (C=N–C) groups is 1. The van der Waals surface area contributed by atoms with Crippen LogP contribution in [0.1, 0.15) is 37.0 Å². The molecule has 0 spiro atoms. The fourth-order valence-electron chi connectivity index (χ4n) is 2.88. The molecule has 2 aliphatic rings. The molecule has 0 aromatic heterocycles. The summed E-state index contributed by atoms with van der Waals surface area (Å²) in [7, 11) is -2.91. The van der Waals surface area contributed by atoms with Crippen molar-refractivity contribution in [2.45, 2.75) is 38.2 Å². The maximum absolute atomic E-state index is 11.7. The summed E-state index contributed by atoms with van der Waals surface area (Å²) in [4.78, 5) is 4.64. The summed E-state index contributed by atoms with van der Waals surface area (Å²) in [5.41, 5.74) is 5.39. The largest absolute Gasteiger partial charge is 0.262 e. The molecule has 20 heavy (non-hydrogen) atoms. The van der Waals surface area contributed by atoms with Gasteiger partial charge in [-0.05, 0) is 36.0 Å². The van der Waals surface area contributed by atoms with E-state index < -0.39 is 9.84 Å². The van der Waals surface area contributed by atoms with Crippen molar-refractivity contribution in [2.75, 3.05) is 0 Å². The Morgan fingerprint density at radius 3 is 2.80 bits per heavy atom. The molecule has 1 aromatic rings. The lowest BCUT2D eigenvalue weighted by molar-refractivity contribution is 0.598. The smallest absolute Gasteiger partial charge is 0.158 e. The molecule has 2 heterocycles. The average Bonchev–Trinajstić information content (AvgIpc) is 2.67. The summed E-state index contributed by atoms with van der Waals surface area (Å²) in [6, 6.07) is 6.05. The molecule has 3 rings (SSSR count). The molecule has 3 nitrogen and oxygen atoms in total. The van der Waals surface area contributed by atoms with Gasteiger partial charge < -0.3 is 0 Å². The molecule has 0 saturated carbocycles. The second-order valence-corrected chi connectivity index (χ2v) is 7.96. The highest BCUT2D eigenvalue weighted by Crippen LogP contribution is 2.27. The molecule has 0 fully saturated rings. The van der Waals surface area contributed by atoms with Crippen LogP contribution >= 0.6 is 0 Å². The third kappa shape index (κ3) is 2.70. The van der Waals surface area contributed by atoms with Crippen molar-refractivity contribution in [3.05, 3.63) is 46.7 Å². The number of sulfone groups is 1. The molecule has 1 unspecified atom stereocenters. The summed E-state index contributed by atoms with van der Waals surface area (Å²) in [6.45, 7) is 4.22. The molecule has 0 aliphatic carbocycles. The second kappa shape index (κ2) is 4.85. The van der Waals surface area contributed by atoms with Crippen LogP contribution in [0.15, 0.2) is 35.0 Å². The average molecular weight is 289 g/mol. The Morgan fingerprint density at radius 2 is 2.00 bits per heavy atom. The molecule has 0 radical (unpaired) electrons. The fraction of sp³-hybridized carbons (Fsp3) is 0.438. The lowest BCUT2D eigenvalue weighted by atomic mass is 9.92. The summed E-state index contributed by atoms with van der Waals surface area (Å²) in [5, 5.41) is 0. The highest BCUT2D eigenvalue weighted by atomic mass is 32.2. The van der Waals surface area contributed by atoms with Crippen LogP contribution < -0.4 is 0 Å². The van der Waals surface area contributed by atoms with E-state index in [4.69, 9.17) is 0 Å². The summed E-state index contributed by atoms with van der Waals surface area (Å²) < 4.78 is 23.3. The highest BCUT2D eigenvalue weighted by Gasteiger charge is 2.25. The Bertz CT molecular complexity index is 714. The Balaban J connectivity index is 1.85. The number of allylic oxidation sites excluding steroid dienone is 2. The topological polar surface area (TPSA) is 46.5 Å². The molecule has 2 aliphatic heterocycles. The Labute approximate surface area is 120 Å². The van der Waals surface area contributed by atoms with Crippen LogP contribution in [0.2, 0.25) is 0 Å². The first kappa shape index (κ1) is 13.6. The van der Waals surface area contributed by atoms with E-state index in [9.17, 15) is 8.42 Å². The van der Waals surface area contributed by atoms with E-state index in [0.717, 1.165) is 29.7 Å². The van der Waals surface area contributed by atoms with Gasteiger partial charge >= 0.3 is 0 Å². The van der Waals surface area contributed by atoms with Gasteiger partial charge in [0.2, 0.25) is 0 Å². The predicted molar refractivity (Wildman–Crippen MR) is 81.4 cm³/mol. The molecule has 0 bridgehead atoms. The van der Waals surface area contributed by atoms with Crippen LogP contribution in [0, 0.1) is 5.92 Å².